The van der Waals surface area contributed by atoms with Crippen molar-refractivity contribution in [1.82, 2.24) is 4.90 Å². The first-order chi connectivity index (χ1) is 8.22. The molecule has 0 aromatic heterocycles. The first-order valence-electron chi connectivity index (χ1n) is 6.86. The highest BCUT2D eigenvalue weighted by atomic mass is 16.5. The lowest BCUT2D eigenvalue weighted by atomic mass is 10.1. The molecule has 0 aromatic carbocycles. The zero-order valence-electron chi connectivity index (χ0n) is 11.0. The standard InChI is InChI=1S/C13H26N2O2/c1-2-17-13(16)8-4-3-5-9-15-10-6-7-12(14)11-15/h12H,2-11,14H2,1H3. The molecule has 0 amide bonds. The molecule has 2 N–H and O–H groups in total. The average molecular weight is 242 g/mol. The van der Waals surface area contributed by atoms with Crippen LogP contribution >= 0.6 is 0 Å². The molecular weight excluding hydrogens is 216 g/mol. The Balaban J connectivity index is 1.95. The number of ether oxygens (including phenoxy) is 1. The molecule has 1 saturated heterocycles. The number of carbonyl (C=O) groups is 1. The monoisotopic (exact) mass is 242 g/mol. The van der Waals surface area contributed by atoms with Crippen molar-refractivity contribution in [1.29, 1.82) is 0 Å². The SMILES string of the molecule is CCOC(=O)CCCCCN1CCCC(N)C1. The van der Waals surface area contributed by atoms with E-state index < -0.39 is 0 Å². The molecule has 1 aliphatic heterocycles. The minimum Gasteiger partial charge on any atom is -0.466 e. The third-order valence-corrected chi connectivity index (χ3v) is 3.20. The maximum Gasteiger partial charge on any atom is 0.305 e. The van der Waals surface area contributed by atoms with E-state index >= 15 is 0 Å². The molecule has 1 fully saturated rings. The zero-order chi connectivity index (χ0) is 12.5. The summed E-state index contributed by atoms with van der Waals surface area (Å²) in [6.07, 6.45) is 6.16. The highest BCUT2D eigenvalue weighted by Crippen LogP contribution is 2.10. The second kappa shape index (κ2) is 8.48. The Labute approximate surface area is 104 Å². The van der Waals surface area contributed by atoms with Crippen molar-refractivity contribution < 1.29 is 9.53 Å². The fourth-order valence-electron chi connectivity index (χ4n) is 2.31. The van der Waals surface area contributed by atoms with Gasteiger partial charge in [-0.15, -0.1) is 0 Å². The molecule has 0 aromatic rings. The van der Waals surface area contributed by atoms with Gasteiger partial charge in [-0.05, 0) is 45.7 Å². The molecule has 1 rings (SSSR count). The third-order valence-electron chi connectivity index (χ3n) is 3.20. The van der Waals surface area contributed by atoms with E-state index in [-0.39, 0.29) is 5.97 Å². The topological polar surface area (TPSA) is 55.6 Å². The van der Waals surface area contributed by atoms with Crippen molar-refractivity contribution in [2.75, 3.05) is 26.2 Å². The van der Waals surface area contributed by atoms with Crippen LogP contribution in [0.15, 0.2) is 0 Å². The molecule has 1 aliphatic rings. The lowest BCUT2D eigenvalue weighted by Crippen LogP contribution is -2.43. The molecule has 100 valence electrons. The van der Waals surface area contributed by atoms with Crippen molar-refractivity contribution in [3.63, 3.8) is 0 Å². The van der Waals surface area contributed by atoms with Gasteiger partial charge in [0.2, 0.25) is 0 Å². The van der Waals surface area contributed by atoms with Crippen molar-refractivity contribution in [2.24, 2.45) is 5.73 Å². The Hall–Kier alpha value is -0.610. The molecule has 1 heterocycles. The van der Waals surface area contributed by atoms with Crippen molar-refractivity contribution in [3.8, 4) is 0 Å². The maximum atomic E-state index is 11.1. The van der Waals surface area contributed by atoms with Gasteiger partial charge >= 0.3 is 5.97 Å². The number of nitrogens with two attached hydrogens (primary N) is 1. The summed E-state index contributed by atoms with van der Waals surface area (Å²) in [5.41, 5.74) is 5.93. The Morgan fingerprint density at radius 2 is 2.24 bits per heavy atom. The lowest BCUT2D eigenvalue weighted by molar-refractivity contribution is -0.143. The number of hydrogen-bond acceptors (Lipinski definition) is 4. The van der Waals surface area contributed by atoms with Gasteiger partial charge < -0.3 is 15.4 Å². The number of unbranched alkanes of at least 4 members (excludes halogenated alkanes) is 2. The van der Waals surface area contributed by atoms with Crippen LogP contribution in [0.25, 0.3) is 0 Å². The summed E-state index contributed by atoms with van der Waals surface area (Å²) in [5, 5.41) is 0. The van der Waals surface area contributed by atoms with Gasteiger partial charge in [-0.25, -0.2) is 0 Å². The van der Waals surface area contributed by atoms with Crippen LogP contribution in [0.4, 0.5) is 0 Å². The zero-order valence-corrected chi connectivity index (χ0v) is 11.0. The molecule has 1 unspecified atom stereocenters. The van der Waals surface area contributed by atoms with Crippen molar-refractivity contribution in [2.45, 2.75) is 51.5 Å². The highest BCUT2D eigenvalue weighted by Gasteiger charge is 2.15. The normalized spacial score (nSPS) is 21.4. The van der Waals surface area contributed by atoms with E-state index in [9.17, 15) is 4.79 Å². The fraction of sp³-hybridized carbons (Fsp3) is 0.923. The molecule has 0 radical (unpaired) electrons. The van der Waals surface area contributed by atoms with Gasteiger partial charge in [0.15, 0.2) is 0 Å². The van der Waals surface area contributed by atoms with Crippen molar-refractivity contribution in [3.05, 3.63) is 0 Å². The van der Waals surface area contributed by atoms with Gasteiger partial charge in [0.1, 0.15) is 0 Å². The lowest BCUT2D eigenvalue weighted by Gasteiger charge is -2.30. The number of carbonyl (C=O) groups excluding carboxylic acids is 1. The van der Waals surface area contributed by atoms with Gasteiger partial charge in [-0.1, -0.05) is 6.42 Å². The van der Waals surface area contributed by atoms with E-state index in [1.165, 1.54) is 19.4 Å². The van der Waals surface area contributed by atoms with E-state index in [0.29, 0.717) is 19.1 Å². The molecule has 0 saturated carbocycles. The number of rotatable bonds is 7. The molecule has 4 nitrogen and oxygen atoms in total. The Morgan fingerprint density at radius 3 is 2.94 bits per heavy atom. The van der Waals surface area contributed by atoms with E-state index in [1.54, 1.807) is 0 Å². The summed E-state index contributed by atoms with van der Waals surface area (Å²) in [6.45, 7) is 5.68. The van der Waals surface area contributed by atoms with Crippen LogP contribution in [0.3, 0.4) is 0 Å². The highest BCUT2D eigenvalue weighted by molar-refractivity contribution is 5.69. The third kappa shape index (κ3) is 6.64. The molecular formula is C13H26N2O2. The van der Waals surface area contributed by atoms with Crippen LogP contribution in [-0.4, -0.2) is 43.2 Å². The number of likely N-dealkylation sites (tertiary alicyclic amines) is 1. The fourth-order valence-corrected chi connectivity index (χ4v) is 2.31. The number of nitrogens with zero attached hydrogens (tertiary/aromatic N) is 1. The Bertz CT molecular complexity index is 221. The average Bonchev–Trinajstić information content (AvgIpc) is 2.29. The molecule has 1 atom stereocenters. The van der Waals surface area contributed by atoms with Gasteiger partial charge in [-0.3, -0.25) is 4.79 Å². The van der Waals surface area contributed by atoms with E-state index in [1.807, 2.05) is 6.92 Å². The summed E-state index contributed by atoms with van der Waals surface area (Å²) in [5.74, 6) is -0.0625. The van der Waals surface area contributed by atoms with Crippen LogP contribution in [-0.2, 0) is 9.53 Å². The Morgan fingerprint density at radius 1 is 1.41 bits per heavy atom. The van der Waals surface area contributed by atoms with E-state index in [4.69, 9.17) is 10.5 Å². The van der Waals surface area contributed by atoms with Crippen LogP contribution < -0.4 is 5.73 Å². The summed E-state index contributed by atoms with van der Waals surface area (Å²) in [7, 11) is 0. The van der Waals surface area contributed by atoms with Crippen molar-refractivity contribution >= 4 is 5.97 Å². The van der Waals surface area contributed by atoms with E-state index in [0.717, 1.165) is 32.4 Å². The minimum absolute atomic E-state index is 0.0625. The molecule has 17 heavy (non-hydrogen) atoms. The minimum atomic E-state index is -0.0625. The van der Waals surface area contributed by atoms with Gasteiger partial charge in [0.05, 0.1) is 6.61 Å². The quantitative estimate of drug-likeness (QED) is 0.543. The summed E-state index contributed by atoms with van der Waals surface area (Å²) in [4.78, 5) is 13.5. The smallest absolute Gasteiger partial charge is 0.305 e. The second-order valence-electron chi connectivity index (χ2n) is 4.82. The molecule has 0 aliphatic carbocycles. The van der Waals surface area contributed by atoms with Gasteiger partial charge in [0, 0.05) is 19.0 Å². The van der Waals surface area contributed by atoms with Crippen LogP contribution in [0.5, 0.6) is 0 Å². The maximum absolute atomic E-state index is 11.1. The molecule has 4 heteroatoms. The van der Waals surface area contributed by atoms with Crippen LogP contribution in [0, 0.1) is 0 Å². The number of piperidine rings is 1. The van der Waals surface area contributed by atoms with Crippen LogP contribution in [0.2, 0.25) is 0 Å². The summed E-state index contributed by atoms with van der Waals surface area (Å²) < 4.78 is 4.89. The van der Waals surface area contributed by atoms with Crippen LogP contribution in [0.1, 0.15) is 45.4 Å². The molecule has 0 spiro atoms. The molecule has 0 bridgehead atoms. The number of esters is 1. The van der Waals surface area contributed by atoms with Gasteiger partial charge in [0.25, 0.3) is 0 Å². The predicted octanol–water partition coefficient (Wildman–Crippen LogP) is 1.53. The first kappa shape index (κ1) is 14.5. The largest absolute Gasteiger partial charge is 0.466 e. The summed E-state index contributed by atoms with van der Waals surface area (Å²) >= 11 is 0. The van der Waals surface area contributed by atoms with E-state index in [2.05, 4.69) is 4.90 Å². The summed E-state index contributed by atoms with van der Waals surface area (Å²) in [6, 6.07) is 0.364. The Kier molecular flexibility index (Phi) is 7.21. The van der Waals surface area contributed by atoms with Gasteiger partial charge in [-0.2, -0.15) is 0 Å². The first-order valence-corrected chi connectivity index (χ1v) is 6.86. The second-order valence-corrected chi connectivity index (χ2v) is 4.82. The number of hydrogen-bond donors (Lipinski definition) is 1. The predicted molar refractivity (Wildman–Crippen MR) is 68.8 cm³/mol.